The molecule has 1 aromatic carbocycles. The normalized spacial score (nSPS) is 22.4. The second-order valence-corrected chi connectivity index (χ2v) is 5.01. The van der Waals surface area contributed by atoms with Crippen LogP contribution in [0.2, 0.25) is 10.0 Å². The zero-order chi connectivity index (χ0) is 12.6. The van der Waals surface area contributed by atoms with Crippen LogP contribution in [0.5, 0.6) is 0 Å². The van der Waals surface area contributed by atoms with Crippen molar-refractivity contribution in [2.75, 3.05) is 6.61 Å². The van der Waals surface area contributed by atoms with Gasteiger partial charge in [-0.05, 0) is 24.1 Å². The van der Waals surface area contributed by atoms with E-state index in [1.54, 1.807) is 13.0 Å². The zero-order valence-electron chi connectivity index (χ0n) is 9.43. The summed E-state index contributed by atoms with van der Waals surface area (Å²) in [5.41, 5.74) is 6.90. The highest BCUT2D eigenvalue weighted by atomic mass is 35.5. The van der Waals surface area contributed by atoms with Crippen molar-refractivity contribution in [2.45, 2.75) is 25.3 Å². The summed E-state index contributed by atoms with van der Waals surface area (Å²) < 4.78 is 4.99. The fourth-order valence-electron chi connectivity index (χ4n) is 2.13. The SMILES string of the molecule is CCOC(=O)C1(N)Cc2ccc(Cl)c(Cl)c2C1. The molecule has 0 saturated heterocycles. The van der Waals surface area contributed by atoms with Crippen LogP contribution in [0, 0.1) is 0 Å². The molecule has 0 aromatic heterocycles. The Balaban J connectivity index is 2.32. The van der Waals surface area contributed by atoms with Crippen LogP contribution in [0.25, 0.3) is 0 Å². The molecule has 2 rings (SSSR count). The van der Waals surface area contributed by atoms with Gasteiger partial charge >= 0.3 is 5.97 Å². The molecule has 0 aliphatic heterocycles. The highest BCUT2D eigenvalue weighted by Gasteiger charge is 2.42. The maximum absolute atomic E-state index is 11.8. The fraction of sp³-hybridized carbons (Fsp3) is 0.417. The quantitative estimate of drug-likeness (QED) is 0.842. The number of hydrogen-bond acceptors (Lipinski definition) is 3. The first-order valence-corrected chi connectivity index (χ1v) is 6.15. The van der Waals surface area contributed by atoms with Crippen molar-refractivity contribution in [3.05, 3.63) is 33.3 Å². The minimum Gasteiger partial charge on any atom is -0.465 e. The van der Waals surface area contributed by atoms with Crippen molar-refractivity contribution >= 4 is 29.2 Å². The van der Waals surface area contributed by atoms with Crippen LogP contribution in [0.4, 0.5) is 0 Å². The van der Waals surface area contributed by atoms with Crippen LogP contribution in [0.3, 0.4) is 0 Å². The van der Waals surface area contributed by atoms with Gasteiger partial charge in [-0.15, -0.1) is 0 Å². The molecule has 1 aliphatic rings. The van der Waals surface area contributed by atoms with Gasteiger partial charge in [0.1, 0.15) is 5.54 Å². The summed E-state index contributed by atoms with van der Waals surface area (Å²) in [6.07, 6.45) is 0.818. The molecule has 1 aromatic rings. The topological polar surface area (TPSA) is 52.3 Å². The van der Waals surface area contributed by atoms with Gasteiger partial charge in [0.25, 0.3) is 0 Å². The lowest BCUT2D eigenvalue weighted by Crippen LogP contribution is -2.50. The van der Waals surface area contributed by atoms with Crippen molar-refractivity contribution in [1.29, 1.82) is 0 Å². The molecule has 1 aliphatic carbocycles. The maximum Gasteiger partial charge on any atom is 0.326 e. The summed E-state index contributed by atoms with van der Waals surface area (Å²) in [7, 11) is 0. The van der Waals surface area contributed by atoms with E-state index in [1.165, 1.54) is 0 Å². The smallest absolute Gasteiger partial charge is 0.326 e. The Kier molecular flexibility index (Phi) is 3.34. The fourth-order valence-corrected chi connectivity index (χ4v) is 2.55. The van der Waals surface area contributed by atoms with Gasteiger partial charge in [-0.3, -0.25) is 4.79 Å². The van der Waals surface area contributed by atoms with Crippen molar-refractivity contribution in [3.8, 4) is 0 Å². The maximum atomic E-state index is 11.8. The number of halogens is 2. The number of benzene rings is 1. The number of carbonyl (C=O) groups is 1. The van der Waals surface area contributed by atoms with Crippen LogP contribution < -0.4 is 5.73 Å². The van der Waals surface area contributed by atoms with E-state index < -0.39 is 5.54 Å². The summed E-state index contributed by atoms with van der Waals surface area (Å²) >= 11 is 12.0. The van der Waals surface area contributed by atoms with Crippen LogP contribution in [-0.4, -0.2) is 18.1 Å². The van der Waals surface area contributed by atoms with Gasteiger partial charge < -0.3 is 10.5 Å². The van der Waals surface area contributed by atoms with E-state index in [1.807, 2.05) is 6.07 Å². The van der Waals surface area contributed by atoms with E-state index in [9.17, 15) is 4.79 Å². The number of nitrogens with two attached hydrogens (primary N) is 1. The molecule has 0 heterocycles. The van der Waals surface area contributed by atoms with E-state index in [2.05, 4.69) is 0 Å². The third-order valence-electron chi connectivity index (χ3n) is 2.97. The predicted molar refractivity (Wildman–Crippen MR) is 67.4 cm³/mol. The number of rotatable bonds is 2. The van der Waals surface area contributed by atoms with Crippen molar-refractivity contribution in [3.63, 3.8) is 0 Å². The van der Waals surface area contributed by atoms with Gasteiger partial charge in [-0.2, -0.15) is 0 Å². The predicted octanol–water partition coefficient (Wildman–Crippen LogP) is 2.35. The lowest BCUT2D eigenvalue weighted by atomic mass is 9.97. The monoisotopic (exact) mass is 273 g/mol. The Morgan fingerprint density at radius 2 is 2.18 bits per heavy atom. The van der Waals surface area contributed by atoms with Crippen molar-refractivity contribution < 1.29 is 9.53 Å². The Morgan fingerprint density at radius 1 is 1.47 bits per heavy atom. The highest BCUT2D eigenvalue weighted by Crippen LogP contribution is 2.37. The number of carbonyl (C=O) groups excluding carboxylic acids is 1. The van der Waals surface area contributed by atoms with Gasteiger partial charge in [-0.1, -0.05) is 29.3 Å². The highest BCUT2D eigenvalue weighted by molar-refractivity contribution is 6.42. The Bertz CT molecular complexity index is 476. The summed E-state index contributed by atoms with van der Waals surface area (Å²) in [5.74, 6) is -0.386. The van der Waals surface area contributed by atoms with Crippen LogP contribution in [0.15, 0.2) is 12.1 Å². The van der Waals surface area contributed by atoms with Gasteiger partial charge in [0.15, 0.2) is 0 Å². The van der Waals surface area contributed by atoms with E-state index >= 15 is 0 Å². The summed E-state index contributed by atoms with van der Waals surface area (Å²) in [6.45, 7) is 2.08. The number of ether oxygens (including phenoxy) is 1. The molecular formula is C12H13Cl2NO2. The molecule has 0 spiro atoms. The average molecular weight is 274 g/mol. The summed E-state index contributed by atoms with van der Waals surface area (Å²) in [5, 5.41) is 0.972. The first-order valence-electron chi connectivity index (χ1n) is 5.40. The van der Waals surface area contributed by atoms with E-state index in [4.69, 9.17) is 33.7 Å². The molecule has 5 heteroatoms. The lowest BCUT2D eigenvalue weighted by molar-refractivity contribution is -0.149. The molecule has 1 atom stereocenters. The Hall–Kier alpha value is -0.770. The second kappa shape index (κ2) is 4.48. The van der Waals surface area contributed by atoms with E-state index in [0.717, 1.165) is 11.1 Å². The third kappa shape index (κ3) is 2.15. The first kappa shape index (κ1) is 12.7. The van der Waals surface area contributed by atoms with Gasteiger partial charge in [0.05, 0.1) is 16.7 Å². The summed E-state index contributed by atoms with van der Waals surface area (Å²) in [6, 6.07) is 3.58. The lowest BCUT2D eigenvalue weighted by Gasteiger charge is -2.20. The molecule has 3 nitrogen and oxygen atoms in total. The van der Waals surface area contributed by atoms with Crippen molar-refractivity contribution in [1.82, 2.24) is 0 Å². The van der Waals surface area contributed by atoms with Crippen LogP contribution in [-0.2, 0) is 22.4 Å². The van der Waals surface area contributed by atoms with Crippen LogP contribution in [0.1, 0.15) is 18.1 Å². The first-order chi connectivity index (χ1) is 7.98. The molecule has 0 saturated carbocycles. The standard InChI is InChI=1S/C12H13Cl2NO2/c1-2-17-11(16)12(15)5-7-3-4-9(13)10(14)8(7)6-12/h3-4H,2,5-6,15H2,1H3. The van der Waals surface area contributed by atoms with Crippen LogP contribution >= 0.6 is 23.2 Å². The Labute approximate surface area is 110 Å². The van der Waals surface area contributed by atoms with Gasteiger partial charge in [0.2, 0.25) is 0 Å². The largest absolute Gasteiger partial charge is 0.465 e. The number of hydrogen-bond donors (Lipinski definition) is 1. The van der Waals surface area contributed by atoms with Gasteiger partial charge in [-0.25, -0.2) is 0 Å². The minimum absolute atomic E-state index is 0.322. The second-order valence-electron chi connectivity index (χ2n) is 4.23. The number of fused-ring (bicyclic) bond motifs is 1. The molecular weight excluding hydrogens is 261 g/mol. The Morgan fingerprint density at radius 3 is 2.82 bits per heavy atom. The average Bonchev–Trinajstić information content (AvgIpc) is 2.64. The molecule has 17 heavy (non-hydrogen) atoms. The van der Waals surface area contributed by atoms with Crippen molar-refractivity contribution in [2.24, 2.45) is 5.73 Å². The zero-order valence-corrected chi connectivity index (χ0v) is 10.9. The molecule has 0 radical (unpaired) electrons. The third-order valence-corrected chi connectivity index (χ3v) is 3.82. The molecule has 0 bridgehead atoms. The summed E-state index contributed by atoms with van der Waals surface area (Å²) in [4.78, 5) is 11.8. The molecule has 2 N–H and O–H groups in total. The van der Waals surface area contributed by atoms with E-state index in [0.29, 0.717) is 29.5 Å². The van der Waals surface area contributed by atoms with Gasteiger partial charge in [0, 0.05) is 12.8 Å². The molecule has 0 fully saturated rings. The molecule has 92 valence electrons. The molecule has 0 amide bonds. The number of esters is 1. The van der Waals surface area contributed by atoms with E-state index in [-0.39, 0.29) is 5.97 Å². The minimum atomic E-state index is -1.01. The molecule has 1 unspecified atom stereocenters.